The zero-order valence-electron chi connectivity index (χ0n) is 11.6. The van der Waals surface area contributed by atoms with Gasteiger partial charge < -0.3 is 9.47 Å². The van der Waals surface area contributed by atoms with Gasteiger partial charge in [-0.2, -0.15) is 0 Å². The molecule has 0 unspecified atom stereocenters. The molecule has 2 atom stereocenters. The van der Waals surface area contributed by atoms with E-state index in [9.17, 15) is 14.0 Å². The third-order valence-electron chi connectivity index (χ3n) is 2.96. The lowest BCUT2D eigenvalue weighted by Crippen LogP contribution is -2.44. The molecule has 114 valence electrons. The van der Waals surface area contributed by atoms with Crippen LogP contribution in [0.25, 0.3) is 0 Å². The number of ether oxygens (including phenoxy) is 2. The SMILES string of the molecule is CCO[C@H]1C[C@H]1C(=O)NNC(=O)COc1ccc(F)cc1. The van der Waals surface area contributed by atoms with E-state index < -0.39 is 5.91 Å². The van der Waals surface area contributed by atoms with Gasteiger partial charge in [0.2, 0.25) is 5.91 Å². The second-order valence-corrected chi connectivity index (χ2v) is 4.62. The quantitative estimate of drug-likeness (QED) is 0.761. The monoisotopic (exact) mass is 296 g/mol. The van der Waals surface area contributed by atoms with E-state index in [0.717, 1.165) is 0 Å². The molecular formula is C14H17FN2O4. The van der Waals surface area contributed by atoms with E-state index in [0.29, 0.717) is 18.8 Å². The van der Waals surface area contributed by atoms with Crippen molar-refractivity contribution in [2.75, 3.05) is 13.2 Å². The van der Waals surface area contributed by atoms with Crippen LogP contribution in [0.2, 0.25) is 0 Å². The summed E-state index contributed by atoms with van der Waals surface area (Å²) in [6, 6.07) is 5.29. The molecule has 1 fully saturated rings. The molecule has 7 heteroatoms. The Balaban J connectivity index is 1.64. The summed E-state index contributed by atoms with van der Waals surface area (Å²) in [6.45, 7) is 2.15. The zero-order chi connectivity index (χ0) is 15.2. The molecule has 0 radical (unpaired) electrons. The molecule has 0 heterocycles. The first-order valence-corrected chi connectivity index (χ1v) is 6.68. The van der Waals surface area contributed by atoms with Crippen molar-refractivity contribution in [1.82, 2.24) is 10.9 Å². The van der Waals surface area contributed by atoms with Gasteiger partial charge in [0.25, 0.3) is 5.91 Å². The van der Waals surface area contributed by atoms with Crippen LogP contribution >= 0.6 is 0 Å². The van der Waals surface area contributed by atoms with Crippen molar-refractivity contribution in [3.63, 3.8) is 0 Å². The normalized spacial score (nSPS) is 19.7. The van der Waals surface area contributed by atoms with Crippen molar-refractivity contribution in [3.8, 4) is 5.75 Å². The number of carbonyl (C=O) groups excluding carboxylic acids is 2. The number of carbonyl (C=O) groups is 2. The zero-order valence-corrected chi connectivity index (χ0v) is 11.6. The summed E-state index contributed by atoms with van der Waals surface area (Å²) in [4.78, 5) is 23.1. The van der Waals surface area contributed by atoms with E-state index in [1.165, 1.54) is 24.3 Å². The number of nitrogens with one attached hydrogen (secondary N) is 2. The van der Waals surface area contributed by atoms with Gasteiger partial charge in [0, 0.05) is 6.61 Å². The highest BCUT2D eigenvalue weighted by atomic mass is 19.1. The first-order chi connectivity index (χ1) is 10.1. The van der Waals surface area contributed by atoms with E-state index in [4.69, 9.17) is 9.47 Å². The molecule has 21 heavy (non-hydrogen) atoms. The predicted molar refractivity (Wildman–Crippen MR) is 71.7 cm³/mol. The second kappa shape index (κ2) is 7.03. The molecular weight excluding hydrogens is 279 g/mol. The third-order valence-corrected chi connectivity index (χ3v) is 2.96. The van der Waals surface area contributed by atoms with Crippen molar-refractivity contribution in [1.29, 1.82) is 0 Å². The Morgan fingerprint density at radius 3 is 2.67 bits per heavy atom. The van der Waals surface area contributed by atoms with Crippen LogP contribution in [0.5, 0.6) is 5.75 Å². The van der Waals surface area contributed by atoms with E-state index in [2.05, 4.69) is 10.9 Å². The fraction of sp³-hybridized carbons (Fsp3) is 0.429. The molecule has 1 aromatic carbocycles. The van der Waals surface area contributed by atoms with E-state index in [1.54, 1.807) is 0 Å². The van der Waals surface area contributed by atoms with Crippen LogP contribution in [0.1, 0.15) is 13.3 Å². The molecule has 0 aliphatic heterocycles. The van der Waals surface area contributed by atoms with Gasteiger partial charge in [-0.25, -0.2) is 4.39 Å². The summed E-state index contributed by atoms with van der Waals surface area (Å²) in [5.41, 5.74) is 4.57. The van der Waals surface area contributed by atoms with Crippen LogP contribution in [-0.4, -0.2) is 31.1 Å². The molecule has 1 aliphatic carbocycles. The largest absolute Gasteiger partial charge is 0.484 e. The Kier molecular flexibility index (Phi) is 5.10. The maximum atomic E-state index is 12.7. The van der Waals surface area contributed by atoms with Crippen LogP contribution in [0.15, 0.2) is 24.3 Å². The maximum absolute atomic E-state index is 12.7. The Labute approximate surface area is 121 Å². The topological polar surface area (TPSA) is 76.7 Å². The number of hydrogen-bond acceptors (Lipinski definition) is 4. The van der Waals surface area contributed by atoms with Crippen LogP contribution < -0.4 is 15.6 Å². The van der Waals surface area contributed by atoms with E-state index in [1.807, 2.05) is 6.92 Å². The van der Waals surface area contributed by atoms with Gasteiger partial charge in [0.1, 0.15) is 11.6 Å². The number of hydrazine groups is 1. The Bertz CT molecular complexity index is 506. The molecule has 1 aromatic rings. The third kappa shape index (κ3) is 4.71. The van der Waals surface area contributed by atoms with Gasteiger partial charge in [0.15, 0.2) is 6.61 Å². The lowest BCUT2D eigenvalue weighted by Gasteiger charge is -2.08. The predicted octanol–water partition coefficient (Wildman–Crippen LogP) is 0.777. The summed E-state index contributed by atoms with van der Waals surface area (Å²) in [7, 11) is 0. The van der Waals surface area contributed by atoms with Crippen molar-refractivity contribution in [2.24, 2.45) is 5.92 Å². The highest BCUT2D eigenvalue weighted by Crippen LogP contribution is 2.33. The highest BCUT2D eigenvalue weighted by molar-refractivity contribution is 5.85. The first kappa shape index (κ1) is 15.2. The van der Waals surface area contributed by atoms with Gasteiger partial charge in [-0.1, -0.05) is 0 Å². The van der Waals surface area contributed by atoms with Gasteiger partial charge in [-0.05, 0) is 37.6 Å². The van der Waals surface area contributed by atoms with Crippen LogP contribution in [0.3, 0.4) is 0 Å². The van der Waals surface area contributed by atoms with Gasteiger partial charge in [-0.15, -0.1) is 0 Å². The first-order valence-electron chi connectivity index (χ1n) is 6.68. The molecule has 0 spiro atoms. The molecule has 0 bridgehead atoms. The lowest BCUT2D eigenvalue weighted by atomic mass is 10.3. The molecule has 2 N–H and O–H groups in total. The Hall–Kier alpha value is -2.15. The van der Waals surface area contributed by atoms with Gasteiger partial charge >= 0.3 is 0 Å². The van der Waals surface area contributed by atoms with Gasteiger partial charge in [0.05, 0.1) is 12.0 Å². The van der Waals surface area contributed by atoms with Crippen LogP contribution in [0, 0.1) is 11.7 Å². The van der Waals surface area contributed by atoms with Gasteiger partial charge in [-0.3, -0.25) is 20.4 Å². The molecule has 6 nitrogen and oxygen atoms in total. The molecule has 1 saturated carbocycles. The summed E-state index contributed by atoms with van der Waals surface area (Å²) >= 11 is 0. The van der Waals surface area contributed by atoms with Crippen molar-refractivity contribution in [3.05, 3.63) is 30.1 Å². The Morgan fingerprint density at radius 2 is 2.00 bits per heavy atom. The molecule has 1 aliphatic rings. The summed E-state index contributed by atoms with van der Waals surface area (Å²) < 4.78 is 23.1. The minimum Gasteiger partial charge on any atom is -0.484 e. The molecule has 2 rings (SSSR count). The number of amides is 2. The number of benzene rings is 1. The smallest absolute Gasteiger partial charge is 0.276 e. The Morgan fingerprint density at radius 1 is 1.29 bits per heavy atom. The molecule has 0 saturated heterocycles. The van der Waals surface area contributed by atoms with Crippen molar-refractivity contribution < 1.29 is 23.5 Å². The number of halogens is 1. The summed E-state index contributed by atoms with van der Waals surface area (Å²) in [5, 5.41) is 0. The number of rotatable bonds is 6. The minimum absolute atomic E-state index is 0.0534. The standard InChI is InChI=1S/C14H17FN2O4/c1-2-20-12-7-11(12)14(19)17-16-13(18)8-21-10-5-3-9(15)4-6-10/h3-6,11-12H,2,7-8H2,1H3,(H,16,18)(H,17,19)/t11-,12+/m1/s1. The fourth-order valence-electron chi connectivity index (χ4n) is 1.79. The average Bonchev–Trinajstić information content (AvgIpc) is 3.24. The maximum Gasteiger partial charge on any atom is 0.276 e. The average molecular weight is 296 g/mol. The summed E-state index contributed by atoms with van der Waals surface area (Å²) in [6.07, 6.45) is 0.615. The lowest BCUT2D eigenvalue weighted by molar-refractivity contribution is -0.131. The van der Waals surface area contributed by atoms with Crippen LogP contribution in [0.4, 0.5) is 4.39 Å². The summed E-state index contributed by atoms with van der Waals surface area (Å²) in [5.74, 6) is -0.989. The van der Waals surface area contributed by atoms with Crippen molar-refractivity contribution in [2.45, 2.75) is 19.4 Å². The minimum atomic E-state index is -0.499. The number of hydrogen-bond donors (Lipinski definition) is 2. The van der Waals surface area contributed by atoms with Crippen molar-refractivity contribution >= 4 is 11.8 Å². The molecule has 0 aromatic heterocycles. The fourth-order valence-corrected chi connectivity index (χ4v) is 1.79. The van der Waals surface area contributed by atoms with E-state index >= 15 is 0 Å². The highest BCUT2D eigenvalue weighted by Gasteiger charge is 2.44. The second-order valence-electron chi connectivity index (χ2n) is 4.62. The van der Waals surface area contributed by atoms with Crippen LogP contribution in [-0.2, 0) is 14.3 Å². The van der Waals surface area contributed by atoms with E-state index in [-0.39, 0.29) is 30.4 Å². The molecule has 2 amide bonds.